The lowest BCUT2D eigenvalue weighted by Gasteiger charge is -2.25. The fourth-order valence-corrected chi connectivity index (χ4v) is 3.69. The monoisotopic (exact) mass is 373 g/mol. The Labute approximate surface area is 164 Å². The topological polar surface area (TPSA) is 47.4 Å². The molecular formula is C23H23N3O2. The smallest absolute Gasteiger partial charge is 0.279 e. The zero-order chi connectivity index (χ0) is 19.7. The van der Waals surface area contributed by atoms with E-state index < -0.39 is 0 Å². The summed E-state index contributed by atoms with van der Waals surface area (Å²) >= 11 is 0. The van der Waals surface area contributed by atoms with Gasteiger partial charge in [0.05, 0.1) is 17.8 Å². The number of hydrogen-bond acceptors (Lipinski definition) is 4. The molecule has 1 aliphatic rings. The van der Waals surface area contributed by atoms with Crippen LogP contribution in [0.15, 0.2) is 78.1 Å². The van der Waals surface area contributed by atoms with Gasteiger partial charge in [0.15, 0.2) is 0 Å². The van der Waals surface area contributed by atoms with Crippen molar-refractivity contribution in [3.8, 4) is 0 Å². The van der Waals surface area contributed by atoms with Crippen LogP contribution in [0.2, 0.25) is 0 Å². The summed E-state index contributed by atoms with van der Waals surface area (Å²) in [6.45, 7) is 6.20. The first kappa shape index (κ1) is 18.2. The van der Waals surface area contributed by atoms with E-state index in [-0.39, 0.29) is 11.9 Å². The van der Waals surface area contributed by atoms with E-state index >= 15 is 0 Å². The van der Waals surface area contributed by atoms with Gasteiger partial charge in [-0.1, -0.05) is 60.7 Å². The summed E-state index contributed by atoms with van der Waals surface area (Å²) in [4.78, 5) is 19.5. The maximum Gasteiger partial charge on any atom is 0.279 e. The molecule has 0 spiro atoms. The van der Waals surface area contributed by atoms with Crippen LogP contribution in [-0.4, -0.2) is 20.8 Å². The third-order valence-electron chi connectivity index (χ3n) is 4.92. The lowest BCUT2D eigenvalue weighted by atomic mass is 9.97. The van der Waals surface area contributed by atoms with Crippen LogP contribution in [0.3, 0.4) is 0 Å². The van der Waals surface area contributed by atoms with Gasteiger partial charge < -0.3 is 4.84 Å². The molecule has 28 heavy (non-hydrogen) atoms. The van der Waals surface area contributed by atoms with Crippen molar-refractivity contribution >= 4 is 5.91 Å². The van der Waals surface area contributed by atoms with E-state index in [0.717, 1.165) is 22.5 Å². The molecule has 0 aliphatic carbocycles. The molecule has 0 N–H and O–H groups in total. The molecule has 1 aliphatic heterocycles. The Morgan fingerprint density at radius 3 is 2.25 bits per heavy atom. The van der Waals surface area contributed by atoms with E-state index in [2.05, 4.69) is 17.2 Å². The zero-order valence-corrected chi connectivity index (χ0v) is 16.3. The summed E-state index contributed by atoms with van der Waals surface area (Å²) in [6, 6.07) is 21.7. The van der Waals surface area contributed by atoms with E-state index in [4.69, 9.17) is 4.84 Å². The molecule has 0 fully saturated rings. The number of carbonyl (C=O) groups excluding carboxylic acids is 1. The maximum absolute atomic E-state index is 13.4. The average Bonchev–Trinajstić information content (AvgIpc) is 3.21. The molecule has 0 radical (unpaired) electrons. The number of aryl methyl sites for hydroxylation is 2. The molecule has 142 valence electrons. The van der Waals surface area contributed by atoms with E-state index in [9.17, 15) is 4.79 Å². The minimum atomic E-state index is -0.294. The number of rotatable bonds is 4. The fourth-order valence-electron chi connectivity index (χ4n) is 3.69. The van der Waals surface area contributed by atoms with E-state index in [1.165, 1.54) is 4.68 Å². The Balaban J connectivity index is 1.74. The van der Waals surface area contributed by atoms with E-state index in [1.54, 1.807) is 0 Å². The Morgan fingerprint density at radius 1 is 1.00 bits per heavy atom. The Hall–Kier alpha value is -3.18. The number of allylic oxidation sites excluding steroid dienone is 1. The van der Waals surface area contributed by atoms with Gasteiger partial charge in [0, 0.05) is 5.69 Å². The fraction of sp³-hybridized carbons (Fsp3) is 0.217. The SMILES string of the molecule is CC1=C(C(=O)n2nc(C)cc2C)[C@@H](c2ccccc2)N(Cc2ccccc2)O1. The van der Waals surface area contributed by atoms with Crippen molar-refractivity contribution < 1.29 is 9.63 Å². The van der Waals surface area contributed by atoms with Crippen LogP contribution in [0.25, 0.3) is 0 Å². The third-order valence-corrected chi connectivity index (χ3v) is 4.92. The van der Waals surface area contributed by atoms with Crippen LogP contribution in [0.4, 0.5) is 0 Å². The zero-order valence-electron chi connectivity index (χ0n) is 16.3. The molecule has 5 nitrogen and oxygen atoms in total. The number of nitrogens with zero attached hydrogens (tertiary/aromatic N) is 3. The predicted molar refractivity (Wildman–Crippen MR) is 107 cm³/mol. The van der Waals surface area contributed by atoms with Crippen molar-refractivity contribution in [1.82, 2.24) is 14.8 Å². The molecule has 2 heterocycles. The van der Waals surface area contributed by atoms with Gasteiger partial charge in [-0.15, -0.1) is 5.06 Å². The van der Waals surface area contributed by atoms with E-state index in [1.807, 2.05) is 80.4 Å². The second kappa shape index (κ2) is 7.44. The molecule has 2 aromatic carbocycles. The lowest BCUT2D eigenvalue weighted by molar-refractivity contribution is -0.126. The maximum atomic E-state index is 13.4. The number of carbonyl (C=O) groups is 1. The molecule has 0 saturated carbocycles. The van der Waals surface area contributed by atoms with Gasteiger partial charge in [0.1, 0.15) is 11.8 Å². The van der Waals surface area contributed by atoms with Crippen molar-refractivity contribution in [2.75, 3.05) is 0 Å². The molecule has 1 atom stereocenters. The molecule has 0 unspecified atom stereocenters. The van der Waals surface area contributed by atoms with Gasteiger partial charge in [0.2, 0.25) is 0 Å². The van der Waals surface area contributed by atoms with Crippen molar-refractivity contribution in [1.29, 1.82) is 0 Å². The van der Waals surface area contributed by atoms with Crippen molar-refractivity contribution in [2.45, 2.75) is 33.4 Å². The molecule has 0 amide bonds. The van der Waals surface area contributed by atoms with Gasteiger partial charge in [-0.05, 0) is 38.0 Å². The van der Waals surface area contributed by atoms with Crippen LogP contribution in [0.5, 0.6) is 0 Å². The molecule has 1 aromatic heterocycles. The van der Waals surface area contributed by atoms with Gasteiger partial charge >= 0.3 is 0 Å². The van der Waals surface area contributed by atoms with Crippen LogP contribution in [-0.2, 0) is 11.4 Å². The molecule has 0 bridgehead atoms. The first-order valence-corrected chi connectivity index (χ1v) is 9.37. The Morgan fingerprint density at radius 2 is 1.64 bits per heavy atom. The quantitative estimate of drug-likeness (QED) is 0.670. The minimum absolute atomic E-state index is 0.146. The second-order valence-corrected chi connectivity index (χ2v) is 7.08. The Kier molecular flexibility index (Phi) is 4.84. The highest BCUT2D eigenvalue weighted by atomic mass is 16.7. The second-order valence-electron chi connectivity index (χ2n) is 7.08. The summed E-state index contributed by atoms with van der Waals surface area (Å²) in [5.41, 5.74) is 4.39. The Bertz CT molecular complexity index is 1020. The normalized spacial score (nSPS) is 17.0. The largest absolute Gasteiger partial charge is 0.409 e. The number of hydrogen-bond donors (Lipinski definition) is 0. The molecule has 0 saturated heterocycles. The summed E-state index contributed by atoms with van der Waals surface area (Å²) in [5, 5.41) is 6.26. The van der Waals surface area contributed by atoms with Crippen LogP contribution in [0, 0.1) is 13.8 Å². The van der Waals surface area contributed by atoms with E-state index in [0.29, 0.717) is 17.9 Å². The number of benzene rings is 2. The summed E-state index contributed by atoms with van der Waals surface area (Å²) in [5.74, 6) is 0.467. The van der Waals surface area contributed by atoms with Gasteiger partial charge in [0.25, 0.3) is 5.91 Å². The highest BCUT2D eigenvalue weighted by Crippen LogP contribution is 2.39. The van der Waals surface area contributed by atoms with Crippen molar-refractivity contribution in [2.24, 2.45) is 0 Å². The first-order valence-electron chi connectivity index (χ1n) is 9.37. The predicted octanol–water partition coefficient (Wildman–Crippen LogP) is 4.60. The summed E-state index contributed by atoms with van der Waals surface area (Å²) < 4.78 is 1.47. The van der Waals surface area contributed by atoms with Gasteiger partial charge in [-0.25, -0.2) is 4.68 Å². The van der Waals surface area contributed by atoms with Crippen LogP contribution < -0.4 is 0 Å². The van der Waals surface area contributed by atoms with Crippen LogP contribution in [0.1, 0.15) is 40.3 Å². The first-order chi connectivity index (χ1) is 13.5. The summed E-state index contributed by atoms with van der Waals surface area (Å²) in [7, 11) is 0. The average molecular weight is 373 g/mol. The molecule has 4 rings (SSSR count). The molecule has 3 aromatic rings. The lowest BCUT2D eigenvalue weighted by Crippen LogP contribution is -2.28. The van der Waals surface area contributed by atoms with Crippen LogP contribution >= 0.6 is 0 Å². The number of hydroxylamine groups is 2. The van der Waals surface area contributed by atoms with Crippen molar-refractivity contribution in [3.63, 3.8) is 0 Å². The minimum Gasteiger partial charge on any atom is -0.409 e. The highest BCUT2D eigenvalue weighted by molar-refractivity contribution is 5.97. The van der Waals surface area contributed by atoms with Gasteiger partial charge in [-0.2, -0.15) is 5.10 Å². The summed E-state index contributed by atoms with van der Waals surface area (Å²) in [6.07, 6.45) is 0. The third kappa shape index (κ3) is 3.37. The molecule has 5 heteroatoms. The van der Waals surface area contributed by atoms with Crippen molar-refractivity contribution in [3.05, 3.63) is 101 Å². The number of aromatic nitrogens is 2. The van der Waals surface area contributed by atoms with Gasteiger partial charge in [-0.3, -0.25) is 4.79 Å². The highest BCUT2D eigenvalue weighted by Gasteiger charge is 2.39. The molecular weight excluding hydrogens is 350 g/mol. The standard InChI is InChI=1S/C23H23N3O2/c1-16-14-17(2)26(24-16)23(27)21-18(3)28-25(15-19-10-6-4-7-11-19)22(21)20-12-8-5-9-13-20/h4-14,22H,15H2,1-3H3/t22-/m1/s1.